The molecule has 0 radical (unpaired) electrons. The number of fused-ring (bicyclic) bond motifs is 1. The maximum Gasteiger partial charge on any atom is 0.327 e. The Morgan fingerprint density at radius 3 is 2.32 bits per heavy atom. The molecule has 8 nitrogen and oxygen atoms in total. The topological polar surface area (TPSA) is 123 Å². The predicted molar refractivity (Wildman–Crippen MR) is 130 cm³/mol. The first-order chi connectivity index (χ1) is 16.3. The van der Waals surface area contributed by atoms with E-state index in [9.17, 15) is 24.6 Å². The standard InChI is InChI=1S/C26H29N3O5/c1-17(2)28-29(15-19(25(31)32)13-12-18-8-4-3-5-9-18)24(26(33)34)22(16-30)21-14-27-23-11-7-6-10-20(21)23/h3-11,14,17,19,24,27-28H,12-13,15H2,1-2H3,(H,31,32)(H,33,34)/t19?,24-/m0/s1. The number of H-pyrrole nitrogens is 1. The van der Waals surface area contributed by atoms with Crippen molar-refractivity contribution in [1.29, 1.82) is 0 Å². The summed E-state index contributed by atoms with van der Waals surface area (Å²) in [6.45, 7) is 3.54. The molecular weight excluding hydrogens is 434 g/mol. The third-order valence-electron chi connectivity index (χ3n) is 5.62. The van der Waals surface area contributed by atoms with Crippen LogP contribution < -0.4 is 5.43 Å². The molecule has 0 bridgehead atoms. The molecule has 2 atom stereocenters. The minimum Gasteiger partial charge on any atom is -0.481 e. The number of nitrogens with zero attached hydrogens (tertiary/aromatic N) is 1. The maximum absolute atomic E-state index is 12.4. The number of nitrogens with one attached hydrogen (secondary N) is 2. The van der Waals surface area contributed by atoms with Crippen molar-refractivity contribution in [1.82, 2.24) is 15.4 Å². The van der Waals surface area contributed by atoms with Crippen LogP contribution in [0, 0.1) is 5.92 Å². The molecule has 1 aromatic heterocycles. The van der Waals surface area contributed by atoms with Gasteiger partial charge in [0.05, 0.1) is 11.5 Å². The van der Waals surface area contributed by atoms with Gasteiger partial charge < -0.3 is 15.2 Å². The van der Waals surface area contributed by atoms with Crippen molar-refractivity contribution in [2.24, 2.45) is 5.92 Å². The van der Waals surface area contributed by atoms with Crippen LogP contribution in [0.1, 0.15) is 31.4 Å². The Morgan fingerprint density at radius 2 is 1.71 bits per heavy atom. The number of aromatic amines is 1. The lowest BCUT2D eigenvalue weighted by Crippen LogP contribution is -2.55. The summed E-state index contributed by atoms with van der Waals surface area (Å²) in [6.07, 6.45) is 2.43. The number of aliphatic carboxylic acids is 2. The number of benzene rings is 2. The number of carbonyl (C=O) groups is 2. The maximum atomic E-state index is 12.4. The highest BCUT2D eigenvalue weighted by atomic mass is 16.4. The number of carboxylic acid groups (broad SMARTS) is 2. The van der Waals surface area contributed by atoms with E-state index in [-0.39, 0.29) is 18.2 Å². The van der Waals surface area contributed by atoms with Gasteiger partial charge in [-0.25, -0.2) is 9.80 Å². The lowest BCUT2D eigenvalue weighted by Gasteiger charge is -2.33. The largest absolute Gasteiger partial charge is 0.481 e. The second-order valence-corrected chi connectivity index (χ2v) is 8.50. The molecule has 0 saturated carbocycles. The van der Waals surface area contributed by atoms with Crippen molar-refractivity contribution < 1.29 is 24.6 Å². The van der Waals surface area contributed by atoms with Gasteiger partial charge in [0, 0.05) is 35.2 Å². The van der Waals surface area contributed by atoms with Gasteiger partial charge in [-0.05, 0) is 38.3 Å². The van der Waals surface area contributed by atoms with E-state index in [1.807, 2.05) is 62.3 Å². The monoisotopic (exact) mass is 463 g/mol. The fourth-order valence-corrected chi connectivity index (χ4v) is 4.05. The van der Waals surface area contributed by atoms with E-state index in [1.54, 1.807) is 18.3 Å². The Bertz CT molecular complexity index is 1180. The third kappa shape index (κ3) is 5.99. The number of aryl methyl sites for hydroxylation is 1. The van der Waals surface area contributed by atoms with Crippen LogP contribution in [-0.4, -0.2) is 56.7 Å². The summed E-state index contributed by atoms with van der Waals surface area (Å²) in [5.74, 6) is -1.33. The zero-order valence-electron chi connectivity index (χ0n) is 19.2. The van der Waals surface area contributed by atoms with Crippen molar-refractivity contribution in [2.75, 3.05) is 6.54 Å². The summed E-state index contributed by atoms with van der Waals surface area (Å²) in [6, 6.07) is 15.1. The molecule has 0 aliphatic rings. The van der Waals surface area contributed by atoms with Crippen LogP contribution in [0.15, 0.2) is 60.8 Å². The summed E-state index contributed by atoms with van der Waals surface area (Å²) in [7, 11) is 0. The highest BCUT2D eigenvalue weighted by Gasteiger charge is 2.35. The van der Waals surface area contributed by atoms with Crippen molar-refractivity contribution in [3.05, 3.63) is 71.9 Å². The van der Waals surface area contributed by atoms with Gasteiger partial charge in [0.15, 0.2) is 6.04 Å². The van der Waals surface area contributed by atoms with Crippen LogP contribution in [0.5, 0.6) is 0 Å². The van der Waals surface area contributed by atoms with Crippen LogP contribution in [0.4, 0.5) is 0 Å². The summed E-state index contributed by atoms with van der Waals surface area (Å²) >= 11 is 0. The number of hydrogen-bond donors (Lipinski definition) is 4. The highest BCUT2D eigenvalue weighted by Crippen LogP contribution is 2.28. The second-order valence-electron chi connectivity index (χ2n) is 8.50. The van der Waals surface area contributed by atoms with Crippen molar-refractivity contribution in [3.8, 4) is 0 Å². The zero-order valence-corrected chi connectivity index (χ0v) is 19.2. The van der Waals surface area contributed by atoms with E-state index in [4.69, 9.17) is 0 Å². The van der Waals surface area contributed by atoms with Gasteiger partial charge >= 0.3 is 11.9 Å². The molecule has 3 aromatic rings. The number of carbonyl (C=O) groups excluding carboxylic acids is 1. The van der Waals surface area contributed by atoms with E-state index in [0.29, 0.717) is 23.8 Å². The van der Waals surface area contributed by atoms with Crippen molar-refractivity contribution in [2.45, 2.75) is 38.8 Å². The van der Waals surface area contributed by atoms with Crippen LogP contribution in [-0.2, 0) is 20.8 Å². The first-order valence-electron chi connectivity index (χ1n) is 11.2. The van der Waals surface area contributed by atoms with Gasteiger partial charge in [0.1, 0.15) is 5.94 Å². The SMILES string of the molecule is CC(C)NN(CC(CCc1ccccc1)C(=O)O)[C@H](C(=O)O)C(=C=O)c1c[nH]c2ccccc12. The highest BCUT2D eigenvalue weighted by molar-refractivity contribution is 6.07. The molecule has 0 saturated heterocycles. The smallest absolute Gasteiger partial charge is 0.327 e. The van der Waals surface area contributed by atoms with Crippen LogP contribution in [0.2, 0.25) is 0 Å². The van der Waals surface area contributed by atoms with E-state index in [0.717, 1.165) is 11.1 Å². The molecule has 3 rings (SSSR count). The Hall–Kier alpha value is -3.71. The van der Waals surface area contributed by atoms with Crippen LogP contribution in [0.3, 0.4) is 0 Å². The number of hydrazine groups is 1. The molecule has 2 aromatic carbocycles. The average molecular weight is 464 g/mol. The Kier molecular flexibility index (Phi) is 8.38. The molecule has 0 amide bonds. The number of aromatic nitrogens is 1. The van der Waals surface area contributed by atoms with E-state index >= 15 is 0 Å². The van der Waals surface area contributed by atoms with Gasteiger partial charge in [0.2, 0.25) is 0 Å². The molecule has 1 heterocycles. The van der Waals surface area contributed by atoms with Gasteiger partial charge in [-0.15, -0.1) is 0 Å². The van der Waals surface area contributed by atoms with Crippen LogP contribution >= 0.6 is 0 Å². The Morgan fingerprint density at radius 1 is 1.03 bits per heavy atom. The molecule has 34 heavy (non-hydrogen) atoms. The number of carboxylic acids is 2. The molecule has 0 aliphatic carbocycles. The number of para-hydroxylation sites is 1. The van der Waals surface area contributed by atoms with Gasteiger partial charge in [-0.3, -0.25) is 15.0 Å². The lowest BCUT2D eigenvalue weighted by molar-refractivity contribution is -0.147. The second kappa shape index (κ2) is 11.4. The summed E-state index contributed by atoms with van der Waals surface area (Å²) < 4.78 is 0. The van der Waals surface area contributed by atoms with E-state index in [1.165, 1.54) is 5.01 Å². The molecular formula is C26H29N3O5. The minimum atomic E-state index is -1.43. The lowest BCUT2D eigenvalue weighted by atomic mass is 9.95. The van der Waals surface area contributed by atoms with Crippen LogP contribution in [0.25, 0.3) is 16.5 Å². The van der Waals surface area contributed by atoms with Gasteiger partial charge in [0.25, 0.3) is 0 Å². The van der Waals surface area contributed by atoms with Crippen molar-refractivity contribution in [3.63, 3.8) is 0 Å². The van der Waals surface area contributed by atoms with Gasteiger partial charge in [-0.1, -0.05) is 48.5 Å². The first kappa shape index (κ1) is 24.9. The number of rotatable bonds is 12. The normalized spacial score (nSPS) is 13.1. The quantitative estimate of drug-likeness (QED) is 0.240. The average Bonchev–Trinajstić information content (AvgIpc) is 3.23. The zero-order chi connectivity index (χ0) is 24.7. The third-order valence-corrected chi connectivity index (χ3v) is 5.62. The molecule has 1 unspecified atom stereocenters. The van der Waals surface area contributed by atoms with E-state index < -0.39 is 23.9 Å². The molecule has 8 heteroatoms. The fraction of sp³-hybridized carbons (Fsp3) is 0.308. The molecule has 0 fully saturated rings. The molecule has 0 spiro atoms. The Balaban J connectivity index is 1.93. The predicted octanol–water partition coefficient (Wildman–Crippen LogP) is 3.38. The summed E-state index contributed by atoms with van der Waals surface area (Å²) in [5.41, 5.74) is 5.14. The summed E-state index contributed by atoms with van der Waals surface area (Å²) in [5, 5.41) is 22.1. The van der Waals surface area contributed by atoms with Crippen molar-refractivity contribution >= 4 is 34.4 Å². The first-order valence-corrected chi connectivity index (χ1v) is 11.2. The van der Waals surface area contributed by atoms with E-state index in [2.05, 4.69) is 10.4 Å². The minimum absolute atomic E-state index is 0.0784. The molecule has 178 valence electrons. The fourth-order valence-electron chi connectivity index (χ4n) is 4.05. The summed E-state index contributed by atoms with van der Waals surface area (Å²) in [4.78, 5) is 39.7. The molecule has 4 N–H and O–H groups in total. The van der Waals surface area contributed by atoms with Gasteiger partial charge in [-0.2, -0.15) is 0 Å². The number of hydrogen-bond acceptors (Lipinski definition) is 5. The molecule has 0 aliphatic heterocycles. The Labute approximate surface area is 197 Å².